The molecule has 0 radical (unpaired) electrons. The summed E-state index contributed by atoms with van der Waals surface area (Å²) in [7, 11) is 0. The number of nitrogens with zero attached hydrogens (tertiary/aromatic N) is 3. The van der Waals surface area contributed by atoms with Crippen LogP contribution in [0.1, 0.15) is 11.4 Å². The van der Waals surface area contributed by atoms with E-state index in [1.165, 1.54) is 0 Å². The molecule has 0 atom stereocenters. The van der Waals surface area contributed by atoms with E-state index in [0.29, 0.717) is 10.5 Å². The normalized spacial score (nSPS) is 11.6. The number of aromatic amines is 2. The Labute approximate surface area is 154 Å². The molecule has 4 heterocycles. The zero-order valence-corrected chi connectivity index (χ0v) is 15.1. The van der Waals surface area contributed by atoms with Crippen LogP contribution in [0.3, 0.4) is 0 Å². The Morgan fingerprint density at radius 1 is 0.846 bits per heavy atom. The van der Waals surface area contributed by atoms with Crippen molar-refractivity contribution < 1.29 is 0 Å². The highest BCUT2D eigenvalue weighted by molar-refractivity contribution is 7.71. The van der Waals surface area contributed by atoms with Gasteiger partial charge < -0.3 is 9.97 Å². The second-order valence-corrected chi connectivity index (χ2v) is 6.90. The molecule has 5 rings (SSSR count). The van der Waals surface area contributed by atoms with Gasteiger partial charge in [-0.25, -0.2) is 9.97 Å². The standard InChI is InChI=1S/C20H15N5S/c1-10-3-5-13-16(22-10)17-14(6-4-11(2)23-17)19-18(13)24-20(25-19)12-7-8-21-15(26)9-12/h3-9,22H,1-2H3,(H,21,26). The van der Waals surface area contributed by atoms with E-state index in [2.05, 4.69) is 28.2 Å². The minimum atomic E-state index is 0.660. The minimum Gasteiger partial charge on any atom is -0.357 e. The molecule has 0 aliphatic heterocycles. The van der Waals surface area contributed by atoms with Gasteiger partial charge in [0.15, 0.2) is 5.82 Å². The summed E-state index contributed by atoms with van der Waals surface area (Å²) >= 11 is 5.24. The van der Waals surface area contributed by atoms with Crippen LogP contribution in [0.15, 0.2) is 42.6 Å². The first-order chi connectivity index (χ1) is 12.6. The van der Waals surface area contributed by atoms with Crippen LogP contribution in [-0.4, -0.2) is 24.9 Å². The topological polar surface area (TPSA) is 70.2 Å². The number of aromatic nitrogens is 5. The number of fused-ring (bicyclic) bond motifs is 6. The summed E-state index contributed by atoms with van der Waals surface area (Å²) in [5, 5.41) is 2.02. The summed E-state index contributed by atoms with van der Waals surface area (Å²) in [6, 6.07) is 12.0. The molecule has 1 aromatic carbocycles. The number of pyridine rings is 3. The van der Waals surface area contributed by atoms with Crippen molar-refractivity contribution >= 4 is 45.1 Å². The maximum Gasteiger partial charge on any atom is 0.160 e. The SMILES string of the molecule is Cc1ccc2c3nc(-c4cc[nH]c(=S)c4)nc3c3ccc(C)[nH]c3c2n1. The molecule has 0 bridgehead atoms. The summed E-state index contributed by atoms with van der Waals surface area (Å²) in [6.07, 6.45) is 1.82. The number of hydrogen-bond acceptors (Lipinski definition) is 4. The van der Waals surface area contributed by atoms with Gasteiger partial charge in [0, 0.05) is 33.9 Å². The van der Waals surface area contributed by atoms with Gasteiger partial charge in [-0.15, -0.1) is 0 Å². The highest BCUT2D eigenvalue weighted by Gasteiger charge is 2.16. The maximum atomic E-state index is 5.24. The van der Waals surface area contributed by atoms with Crippen LogP contribution in [-0.2, 0) is 0 Å². The van der Waals surface area contributed by atoms with Crippen LogP contribution in [0.25, 0.3) is 44.2 Å². The van der Waals surface area contributed by atoms with Crippen molar-refractivity contribution in [3.8, 4) is 11.4 Å². The van der Waals surface area contributed by atoms with E-state index in [0.717, 1.165) is 49.8 Å². The molecule has 4 aromatic heterocycles. The molecule has 2 N–H and O–H groups in total. The smallest absolute Gasteiger partial charge is 0.160 e. The van der Waals surface area contributed by atoms with Gasteiger partial charge in [0.05, 0.1) is 11.0 Å². The largest absolute Gasteiger partial charge is 0.357 e. The summed E-state index contributed by atoms with van der Waals surface area (Å²) in [5.41, 5.74) is 6.62. The van der Waals surface area contributed by atoms with E-state index in [9.17, 15) is 0 Å². The molecule has 26 heavy (non-hydrogen) atoms. The molecule has 0 amide bonds. The number of nitrogens with one attached hydrogen (secondary N) is 2. The Morgan fingerprint density at radius 2 is 1.62 bits per heavy atom. The van der Waals surface area contributed by atoms with Crippen molar-refractivity contribution in [2.24, 2.45) is 0 Å². The Morgan fingerprint density at radius 3 is 2.42 bits per heavy atom. The monoisotopic (exact) mass is 357 g/mol. The number of imidazole rings is 1. The molecule has 5 aromatic rings. The number of aryl methyl sites for hydroxylation is 2. The first-order valence-corrected chi connectivity index (χ1v) is 8.76. The molecule has 5 nitrogen and oxygen atoms in total. The maximum absolute atomic E-state index is 5.24. The van der Waals surface area contributed by atoms with Crippen molar-refractivity contribution in [2.45, 2.75) is 13.8 Å². The van der Waals surface area contributed by atoms with Gasteiger partial charge in [-0.3, -0.25) is 4.98 Å². The number of hydrogen-bond donors (Lipinski definition) is 2. The molecule has 126 valence electrons. The number of benzene rings is 1. The molecule has 0 aliphatic carbocycles. The molecule has 0 spiro atoms. The summed E-state index contributed by atoms with van der Waals surface area (Å²) < 4.78 is 0.660. The van der Waals surface area contributed by atoms with Gasteiger partial charge in [-0.2, -0.15) is 0 Å². The zero-order chi connectivity index (χ0) is 17.8. The van der Waals surface area contributed by atoms with E-state index >= 15 is 0 Å². The van der Waals surface area contributed by atoms with E-state index in [1.807, 2.05) is 38.2 Å². The van der Waals surface area contributed by atoms with Gasteiger partial charge in [0.1, 0.15) is 15.7 Å². The highest BCUT2D eigenvalue weighted by Crippen LogP contribution is 2.33. The minimum absolute atomic E-state index is 0.660. The van der Waals surface area contributed by atoms with Crippen LogP contribution < -0.4 is 0 Å². The summed E-state index contributed by atoms with van der Waals surface area (Å²) in [4.78, 5) is 20.9. The molecule has 0 saturated heterocycles. The summed E-state index contributed by atoms with van der Waals surface area (Å²) in [5.74, 6) is 0.676. The summed E-state index contributed by atoms with van der Waals surface area (Å²) in [6.45, 7) is 4.04. The van der Waals surface area contributed by atoms with Crippen molar-refractivity contribution in [3.05, 3.63) is 58.6 Å². The van der Waals surface area contributed by atoms with Gasteiger partial charge in [0.2, 0.25) is 0 Å². The van der Waals surface area contributed by atoms with E-state index in [-0.39, 0.29) is 0 Å². The molecule has 0 aliphatic rings. The van der Waals surface area contributed by atoms with Gasteiger partial charge in [-0.1, -0.05) is 12.2 Å². The second-order valence-electron chi connectivity index (χ2n) is 6.46. The third-order valence-electron chi connectivity index (χ3n) is 4.57. The highest BCUT2D eigenvalue weighted by atomic mass is 32.1. The lowest BCUT2D eigenvalue weighted by atomic mass is 10.1. The molecule has 0 saturated carbocycles. The molecule has 0 fully saturated rings. The number of H-pyrrole nitrogens is 2. The quantitative estimate of drug-likeness (QED) is 0.327. The van der Waals surface area contributed by atoms with Crippen molar-refractivity contribution in [3.63, 3.8) is 0 Å². The predicted octanol–water partition coefficient (Wildman–Crippen LogP) is 5.00. The lowest BCUT2D eigenvalue weighted by molar-refractivity contribution is 1.23. The van der Waals surface area contributed by atoms with Crippen molar-refractivity contribution in [1.82, 2.24) is 24.9 Å². The van der Waals surface area contributed by atoms with Crippen LogP contribution in [0.5, 0.6) is 0 Å². The fourth-order valence-corrected chi connectivity index (χ4v) is 3.55. The molecule has 0 unspecified atom stereocenters. The Hall–Kier alpha value is -3.12. The molecular formula is C20H15N5S. The first kappa shape index (κ1) is 15.2. The second kappa shape index (κ2) is 5.44. The van der Waals surface area contributed by atoms with Crippen LogP contribution in [0.2, 0.25) is 0 Å². The average Bonchev–Trinajstić information content (AvgIpc) is 3.07. The Balaban J connectivity index is 1.97. The zero-order valence-electron chi connectivity index (χ0n) is 14.3. The van der Waals surface area contributed by atoms with Gasteiger partial charge in [0.25, 0.3) is 0 Å². The fraction of sp³-hybridized carbons (Fsp3) is 0.100. The van der Waals surface area contributed by atoms with Crippen LogP contribution in [0.4, 0.5) is 0 Å². The van der Waals surface area contributed by atoms with Crippen molar-refractivity contribution in [1.29, 1.82) is 0 Å². The van der Waals surface area contributed by atoms with E-state index in [1.54, 1.807) is 0 Å². The third kappa shape index (κ3) is 2.23. The van der Waals surface area contributed by atoms with Gasteiger partial charge in [-0.05, 0) is 50.2 Å². The average molecular weight is 357 g/mol. The lowest BCUT2D eigenvalue weighted by Gasteiger charge is -2.07. The predicted molar refractivity (Wildman–Crippen MR) is 107 cm³/mol. The number of rotatable bonds is 1. The Kier molecular flexibility index (Phi) is 3.17. The van der Waals surface area contributed by atoms with Gasteiger partial charge >= 0.3 is 0 Å². The van der Waals surface area contributed by atoms with Crippen molar-refractivity contribution in [2.75, 3.05) is 0 Å². The Bertz CT molecular complexity index is 1300. The molecular weight excluding hydrogens is 342 g/mol. The fourth-order valence-electron chi connectivity index (χ4n) is 3.35. The van der Waals surface area contributed by atoms with E-state index < -0.39 is 0 Å². The molecule has 6 heteroatoms. The third-order valence-corrected chi connectivity index (χ3v) is 4.80. The first-order valence-electron chi connectivity index (χ1n) is 8.36. The van der Waals surface area contributed by atoms with Crippen LogP contribution in [0, 0.1) is 18.5 Å². The van der Waals surface area contributed by atoms with Crippen LogP contribution >= 0.6 is 12.2 Å². The van der Waals surface area contributed by atoms with E-state index in [4.69, 9.17) is 27.2 Å². The lowest BCUT2D eigenvalue weighted by Crippen LogP contribution is -1.91.